The molecule has 0 unspecified atom stereocenters. The van der Waals surface area contributed by atoms with Crippen LogP contribution in [-0.2, 0) is 26.9 Å². The number of rotatable bonds is 8. The highest BCUT2D eigenvalue weighted by Crippen LogP contribution is 2.31. The van der Waals surface area contributed by atoms with Crippen molar-refractivity contribution in [3.8, 4) is 5.75 Å². The van der Waals surface area contributed by atoms with Crippen LogP contribution in [0.4, 0.5) is 17.6 Å². The van der Waals surface area contributed by atoms with Crippen molar-refractivity contribution < 1.29 is 36.6 Å². The first-order valence-corrected chi connectivity index (χ1v) is 8.21. The first kappa shape index (κ1) is 21.2. The molecule has 0 fully saturated rings. The van der Waals surface area contributed by atoms with E-state index < -0.39 is 36.8 Å². The topological polar surface area (TPSA) is 64.6 Å². The largest absolute Gasteiger partial charge is 0.482 e. The fourth-order valence-corrected chi connectivity index (χ4v) is 2.14. The van der Waals surface area contributed by atoms with Crippen LogP contribution in [0.3, 0.4) is 0 Å². The summed E-state index contributed by atoms with van der Waals surface area (Å²) in [6, 6.07) is 9.85. The molecular formula is C19H17F4NO4. The molecule has 9 heteroatoms. The van der Waals surface area contributed by atoms with Crippen LogP contribution in [0.1, 0.15) is 11.1 Å². The number of carbonyl (C=O) groups excluding carboxylic acids is 2. The number of nitrogens with one attached hydrogen (secondary N) is 1. The second kappa shape index (κ2) is 9.72. The highest BCUT2D eigenvalue weighted by atomic mass is 19.4. The number of ether oxygens (including phenoxy) is 2. The van der Waals surface area contributed by atoms with Crippen molar-refractivity contribution in [3.63, 3.8) is 0 Å². The first-order chi connectivity index (χ1) is 13.2. The van der Waals surface area contributed by atoms with E-state index in [1.807, 2.05) is 0 Å². The molecule has 0 aromatic heterocycles. The van der Waals surface area contributed by atoms with Gasteiger partial charge in [0.1, 0.15) is 11.6 Å². The van der Waals surface area contributed by atoms with E-state index in [2.05, 4.69) is 5.32 Å². The number of halogens is 4. The maximum atomic E-state index is 12.8. The Balaban J connectivity index is 1.66. The Morgan fingerprint density at radius 3 is 2.39 bits per heavy atom. The predicted molar refractivity (Wildman–Crippen MR) is 91.0 cm³/mol. The summed E-state index contributed by atoms with van der Waals surface area (Å²) in [6.07, 6.45) is -4.05. The lowest BCUT2D eigenvalue weighted by molar-refractivity contribution is -0.150. The van der Waals surface area contributed by atoms with Gasteiger partial charge < -0.3 is 14.8 Å². The van der Waals surface area contributed by atoms with Gasteiger partial charge in [0.05, 0.1) is 5.56 Å². The van der Waals surface area contributed by atoms with Gasteiger partial charge in [-0.15, -0.1) is 0 Å². The number of amides is 1. The van der Waals surface area contributed by atoms with Crippen LogP contribution in [-0.4, -0.2) is 31.6 Å². The van der Waals surface area contributed by atoms with Crippen molar-refractivity contribution >= 4 is 11.9 Å². The number of esters is 1. The third kappa shape index (κ3) is 7.26. The molecule has 150 valence electrons. The average Bonchev–Trinajstić information content (AvgIpc) is 2.66. The molecule has 0 aliphatic carbocycles. The lowest BCUT2D eigenvalue weighted by atomic mass is 10.1. The predicted octanol–water partition coefficient (Wildman–Crippen LogP) is 3.13. The van der Waals surface area contributed by atoms with Crippen LogP contribution in [0.25, 0.3) is 0 Å². The van der Waals surface area contributed by atoms with Gasteiger partial charge in [0.2, 0.25) is 0 Å². The summed E-state index contributed by atoms with van der Waals surface area (Å²) in [7, 11) is 0. The standard InChI is InChI=1S/C19H17F4NO4/c20-15-6-4-13(5-7-15)8-9-24-17(25)11-28-18(26)12-27-16-3-1-2-14(10-16)19(21,22)23/h1-7,10H,8-9,11-12H2,(H,24,25). The molecule has 0 saturated carbocycles. The smallest absolute Gasteiger partial charge is 0.416 e. The van der Waals surface area contributed by atoms with Crippen molar-refractivity contribution in [3.05, 3.63) is 65.5 Å². The summed E-state index contributed by atoms with van der Waals surface area (Å²) < 4.78 is 60.2. The summed E-state index contributed by atoms with van der Waals surface area (Å²) >= 11 is 0. The van der Waals surface area contributed by atoms with Gasteiger partial charge in [-0.1, -0.05) is 18.2 Å². The molecule has 28 heavy (non-hydrogen) atoms. The lowest BCUT2D eigenvalue weighted by Gasteiger charge is -2.10. The van der Waals surface area contributed by atoms with Crippen LogP contribution < -0.4 is 10.1 Å². The number of hydrogen-bond donors (Lipinski definition) is 1. The van der Waals surface area contributed by atoms with E-state index in [1.165, 1.54) is 18.2 Å². The van der Waals surface area contributed by atoms with E-state index in [1.54, 1.807) is 12.1 Å². The molecule has 1 N–H and O–H groups in total. The summed E-state index contributed by atoms with van der Waals surface area (Å²) in [5.74, 6) is -1.94. The van der Waals surface area contributed by atoms with Gasteiger partial charge in [0, 0.05) is 6.54 Å². The molecule has 0 aliphatic heterocycles. The summed E-state index contributed by atoms with van der Waals surface area (Å²) in [6.45, 7) is -0.916. The van der Waals surface area contributed by atoms with Gasteiger partial charge in [-0.25, -0.2) is 9.18 Å². The van der Waals surface area contributed by atoms with Crippen LogP contribution >= 0.6 is 0 Å². The molecule has 5 nitrogen and oxygen atoms in total. The Bertz CT molecular complexity index is 806. The van der Waals surface area contributed by atoms with Gasteiger partial charge in [0.25, 0.3) is 5.91 Å². The second-order valence-corrected chi connectivity index (χ2v) is 5.70. The van der Waals surface area contributed by atoms with Gasteiger partial charge in [-0.3, -0.25) is 4.79 Å². The zero-order valence-electron chi connectivity index (χ0n) is 14.6. The van der Waals surface area contributed by atoms with E-state index in [0.29, 0.717) is 6.42 Å². The van der Waals surface area contributed by atoms with Crippen molar-refractivity contribution in [2.75, 3.05) is 19.8 Å². The quantitative estimate of drug-likeness (QED) is 0.547. The summed E-state index contributed by atoms with van der Waals surface area (Å²) in [4.78, 5) is 23.2. The lowest BCUT2D eigenvalue weighted by Crippen LogP contribution is -2.31. The molecule has 0 saturated heterocycles. The van der Waals surface area contributed by atoms with Crippen LogP contribution in [0.5, 0.6) is 5.75 Å². The van der Waals surface area contributed by atoms with E-state index in [-0.39, 0.29) is 18.1 Å². The van der Waals surface area contributed by atoms with Crippen LogP contribution in [0, 0.1) is 5.82 Å². The minimum absolute atomic E-state index is 0.143. The molecule has 1 amide bonds. The van der Waals surface area contributed by atoms with E-state index in [0.717, 1.165) is 23.8 Å². The molecule has 2 rings (SSSR count). The monoisotopic (exact) mass is 399 g/mol. The molecule has 0 radical (unpaired) electrons. The van der Waals surface area contributed by atoms with Gasteiger partial charge >= 0.3 is 12.1 Å². The molecule has 2 aromatic rings. The van der Waals surface area contributed by atoms with Crippen molar-refractivity contribution in [2.24, 2.45) is 0 Å². The second-order valence-electron chi connectivity index (χ2n) is 5.70. The van der Waals surface area contributed by atoms with Gasteiger partial charge in [-0.05, 0) is 42.3 Å². The first-order valence-electron chi connectivity index (χ1n) is 8.21. The third-order valence-corrected chi connectivity index (χ3v) is 3.53. The highest BCUT2D eigenvalue weighted by molar-refractivity contribution is 5.80. The Kier molecular flexibility index (Phi) is 7.36. The molecule has 0 atom stereocenters. The summed E-state index contributed by atoms with van der Waals surface area (Å²) in [5.41, 5.74) is -0.0768. The third-order valence-electron chi connectivity index (χ3n) is 3.53. The van der Waals surface area contributed by atoms with Crippen LogP contribution in [0.2, 0.25) is 0 Å². The Morgan fingerprint density at radius 2 is 1.71 bits per heavy atom. The van der Waals surface area contributed by atoms with Crippen molar-refractivity contribution in [1.82, 2.24) is 5.32 Å². The maximum Gasteiger partial charge on any atom is 0.416 e. The number of benzene rings is 2. The molecule has 0 aliphatic rings. The molecule has 0 bridgehead atoms. The molecule has 2 aromatic carbocycles. The van der Waals surface area contributed by atoms with Crippen molar-refractivity contribution in [2.45, 2.75) is 12.6 Å². The number of hydrogen-bond acceptors (Lipinski definition) is 4. The highest BCUT2D eigenvalue weighted by Gasteiger charge is 2.30. The zero-order chi connectivity index (χ0) is 20.6. The fraction of sp³-hybridized carbons (Fsp3) is 0.263. The van der Waals surface area contributed by atoms with E-state index in [9.17, 15) is 27.2 Å². The average molecular weight is 399 g/mol. The molecule has 0 heterocycles. The van der Waals surface area contributed by atoms with E-state index >= 15 is 0 Å². The van der Waals surface area contributed by atoms with Crippen LogP contribution in [0.15, 0.2) is 48.5 Å². The minimum Gasteiger partial charge on any atom is -0.482 e. The van der Waals surface area contributed by atoms with Gasteiger partial charge in [0.15, 0.2) is 13.2 Å². The minimum atomic E-state index is -4.52. The summed E-state index contributed by atoms with van der Waals surface area (Å²) in [5, 5.41) is 2.52. The van der Waals surface area contributed by atoms with E-state index in [4.69, 9.17) is 9.47 Å². The normalized spacial score (nSPS) is 11.0. The maximum absolute atomic E-state index is 12.8. The van der Waals surface area contributed by atoms with Gasteiger partial charge in [-0.2, -0.15) is 13.2 Å². The fourth-order valence-electron chi connectivity index (χ4n) is 2.14. The number of carbonyl (C=O) groups is 2. The molecule has 0 spiro atoms. The zero-order valence-corrected chi connectivity index (χ0v) is 14.6. The number of alkyl halides is 3. The Hall–Kier alpha value is -3.10. The SMILES string of the molecule is O=C(COC(=O)COc1cccc(C(F)(F)F)c1)NCCc1ccc(F)cc1. The van der Waals surface area contributed by atoms with Crippen molar-refractivity contribution in [1.29, 1.82) is 0 Å². The Morgan fingerprint density at radius 1 is 1.00 bits per heavy atom. The molecular weight excluding hydrogens is 382 g/mol. The Labute approximate surface area is 158 Å².